The average Bonchev–Trinajstić information content (AvgIpc) is 3.26. The molecule has 2 aromatic rings. The van der Waals surface area contributed by atoms with Gasteiger partial charge in [0.05, 0.1) is 18.1 Å². The predicted octanol–water partition coefficient (Wildman–Crippen LogP) is 1.34. The Morgan fingerprint density at radius 3 is 2.83 bits per heavy atom. The molecule has 8 nitrogen and oxygen atoms in total. The van der Waals surface area contributed by atoms with E-state index in [4.69, 9.17) is 4.52 Å². The predicted molar refractivity (Wildman–Crippen MR) is 107 cm³/mol. The fourth-order valence-electron chi connectivity index (χ4n) is 4.80. The third kappa shape index (κ3) is 3.93. The molecule has 9 heteroatoms. The summed E-state index contributed by atoms with van der Waals surface area (Å²) in [5.41, 5.74) is 1.55. The third-order valence-corrected chi connectivity index (χ3v) is 7.29. The Bertz CT molecular complexity index is 1030. The van der Waals surface area contributed by atoms with Crippen molar-refractivity contribution >= 4 is 15.9 Å². The summed E-state index contributed by atoms with van der Waals surface area (Å²) in [6, 6.07) is 7.86. The van der Waals surface area contributed by atoms with Gasteiger partial charge in [0.1, 0.15) is 0 Å². The second kappa shape index (κ2) is 7.21. The molecule has 2 aliphatic rings. The van der Waals surface area contributed by atoms with E-state index in [1.165, 1.54) is 10.6 Å². The van der Waals surface area contributed by atoms with Crippen molar-refractivity contribution in [3.05, 3.63) is 47.1 Å². The number of benzene rings is 1. The number of hydrogen-bond donors (Lipinski definition) is 1. The summed E-state index contributed by atoms with van der Waals surface area (Å²) in [4.78, 5) is 17.0. The number of rotatable bonds is 5. The molecule has 0 radical (unpaired) electrons. The van der Waals surface area contributed by atoms with Crippen molar-refractivity contribution in [1.82, 2.24) is 19.8 Å². The SMILES string of the molecule is Cc1cccc(CC(=O)N[C@@H]2CC3CN(S(C)(=O)=O)C[C@@]3(c3nc(C)no3)C2)c1. The average molecular weight is 419 g/mol. The normalized spacial score (nSPS) is 27.1. The van der Waals surface area contributed by atoms with Gasteiger partial charge in [-0.25, -0.2) is 12.7 Å². The van der Waals surface area contributed by atoms with Gasteiger partial charge in [0.2, 0.25) is 21.8 Å². The first-order valence-corrected chi connectivity index (χ1v) is 11.6. The van der Waals surface area contributed by atoms with Crippen LogP contribution in [0.25, 0.3) is 0 Å². The van der Waals surface area contributed by atoms with E-state index in [-0.39, 0.29) is 17.9 Å². The van der Waals surface area contributed by atoms with Gasteiger partial charge in [0.25, 0.3) is 0 Å². The van der Waals surface area contributed by atoms with Crippen molar-refractivity contribution in [3.8, 4) is 0 Å². The summed E-state index contributed by atoms with van der Waals surface area (Å²) in [7, 11) is -3.31. The van der Waals surface area contributed by atoms with Crippen LogP contribution in [0.5, 0.6) is 0 Å². The Balaban J connectivity index is 1.51. The van der Waals surface area contributed by atoms with Gasteiger partial charge in [-0.3, -0.25) is 4.79 Å². The van der Waals surface area contributed by atoms with Crippen molar-refractivity contribution in [2.45, 2.75) is 44.6 Å². The number of aryl methyl sites for hydroxylation is 2. The van der Waals surface area contributed by atoms with Gasteiger partial charge >= 0.3 is 0 Å². The number of nitrogens with one attached hydrogen (secondary N) is 1. The van der Waals surface area contributed by atoms with Gasteiger partial charge in [-0.05, 0) is 38.2 Å². The Labute approximate surface area is 170 Å². The molecule has 4 rings (SSSR count). The number of sulfonamides is 1. The van der Waals surface area contributed by atoms with Gasteiger partial charge in [0, 0.05) is 19.1 Å². The Kier molecular flexibility index (Phi) is 4.98. The molecule has 1 saturated carbocycles. The van der Waals surface area contributed by atoms with Crippen LogP contribution in [0.2, 0.25) is 0 Å². The van der Waals surface area contributed by atoms with E-state index in [9.17, 15) is 13.2 Å². The molecule has 1 aromatic heterocycles. The van der Waals surface area contributed by atoms with Crippen LogP contribution in [-0.4, -0.2) is 54.2 Å². The van der Waals surface area contributed by atoms with Crippen LogP contribution in [0.3, 0.4) is 0 Å². The van der Waals surface area contributed by atoms with Crippen molar-refractivity contribution < 1.29 is 17.7 Å². The molecule has 0 spiro atoms. The maximum absolute atomic E-state index is 12.6. The molecular formula is C20H26N4O4S. The highest BCUT2D eigenvalue weighted by atomic mass is 32.2. The van der Waals surface area contributed by atoms with Crippen molar-refractivity contribution in [1.29, 1.82) is 0 Å². The van der Waals surface area contributed by atoms with Crippen molar-refractivity contribution in [2.24, 2.45) is 5.92 Å². The molecule has 1 aliphatic heterocycles. The van der Waals surface area contributed by atoms with Crippen LogP contribution in [0.1, 0.15) is 35.7 Å². The minimum absolute atomic E-state index is 0.0290. The molecule has 1 N–H and O–H groups in total. The number of nitrogens with zero attached hydrogens (tertiary/aromatic N) is 3. The lowest BCUT2D eigenvalue weighted by Crippen LogP contribution is -2.39. The van der Waals surface area contributed by atoms with Crippen molar-refractivity contribution in [2.75, 3.05) is 19.3 Å². The van der Waals surface area contributed by atoms with Gasteiger partial charge < -0.3 is 9.84 Å². The Morgan fingerprint density at radius 1 is 1.38 bits per heavy atom. The number of carbonyl (C=O) groups excluding carboxylic acids is 1. The maximum Gasteiger partial charge on any atom is 0.234 e. The fourth-order valence-corrected chi connectivity index (χ4v) is 5.72. The molecule has 1 unspecified atom stereocenters. The largest absolute Gasteiger partial charge is 0.353 e. The number of amides is 1. The first kappa shape index (κ1) is 20.0. The first-order valence-electron chi connectivity index (χ1n) is 9.76. The molecule has 0 bridgehead atoms. The van der Waals surface area contributed by atoms with Crippen LogP contribution in [-0.2, 0) is 26.7 Å². The lowest BCUT2D eigenvalue weighted by Gasteiger charge is -2.24. The number of aromatic nitrogens is 2. The van der Waals surface area contributed by atoms with Crippen LogP contribution >= 0.6 is 0 Å². The van der Waals surface area contributed by atoms with E-state index >= 15 is 0 Å². The minimum atomic E-state index is -3.31. The van der Waals surface area contributed by atoms with Crippen LogP contribution < -0.4 is 5.32 Å². The molecule has 2 fully saturated rings. The molecule has 1 amide bonds. The molecular weight excluding hydrogens is 392 g/mol. The highest BCUT2D eigenvalue weighted by Gasteiger charge is 2.58. The highest BCUT2D eigenvalue weighted by Crippen LogP contribution is 2.50. The molecule has 3 atom stereocenters. The topological polar surface area (TPSA) is 105 Å². The van der Waals surface area contributed by atoms with Gasteiger partial charge in [0.15, 0.2) is 5.82 Å². The van der Waals surface area contributed by atoms with E-state index in [1.54, 1.807) is 6.92 Å². The second-order valence-corrected chi connectivity index (χ2v) is 10.4. The molecule has 156 valence electrons. The van der Waals surface area contributed by atoms with Gasteiger partial charge in [-0.2, -0.15) is 4.98 Å². The van der Waals surface area contributed by atoms with Crippen LogP contribution in [0, 0.1) is 19.8 Å². The highest BCUT2D eigenvalue weighted by molar-refractivity contribution is 7.88. The first-order chi connectivity index (χ1) is 13.7. The van der Waals surface area contributed by atoms with E-state index in [2.05, 4.69) is 15.5 Å². The van der Waals surface area contributed by atoms with Crippen molar-refractivity contribution in [3.63, 3.8) is 0 Å². The summed E-state index contributed by atoms with van der Waals surface area (Å²) in [5.74, 6) is 0.998. The van der Waals surface area contributed by atoms with Gasteiger partial charge in [-0.1, -0.05) is 35.0 Å². The summed E-state index contributed by atoms with van der Waals surface area (Å²) in [5, 5.41) is 7.05. The zero-order valence-corrected chi connectivity index (χ0v) is 17.7. The van der Waals surface area contributed by atoms with E-state index < -0.39 is 15.4 Å². The Morgan fingerprint density at radius 2 is 2.17 bits per heavy atom. The van der Waals surface area contributed by atoms with E-state index in [0.29, 0.717) is 44.1 Å². The summed E-state index contributed by atoms with van der Waals surface area (Å²) in [6.07, 6.45) is 2.82. The zero-order valence-electron chi connectivity index (χ0n) is 16.9. The molecule has 29 heavy (non-hydrogen) atoms. The summed E-state index contributed by atoms with van der Waals surface area (Å²) < 4.78 is 31.2. The Hall–Kier alpha value is -2.26. The lowest BCUT2D eigenvalue weighted by molar-refractivity contribution is -0.121. The number of carbonyl (C=O) groups is 1. The molecule has 2 heterocycles. The van der Waals surface area contributed by atoms with Crippen LogP contribution in [0.15, 0.2) is 28.8 Å². The maximum atomic E-state index is 12.6. The quantitative estimate of drug-likeness (QED) is 0.786. The summed E-state index contributed by atoms with van der Waals surface area (Å²) in [6.45, 7) is 4.47. The van der Waals surface area contributed by atoms with E-state index in [1.807, 2.05) is 31.2 Å². The van der Waals surface area contributed by atoms with E-state index in [0.717, 1.165) is 11.1 Å². The fraction of sp³-hybridized carbons (Fsp3) is 0.550. The van der Waals surface area contributed by atoms with Crippen LogP contribution in [0.4, 0.5) is 0 Å². The minimum Gasteiger partial charge on any atom is -0.353 e. The van der Waals surface area contributed by atoms with Gasteiger partial charge in [-0.15, -0.1) is 0 Å². The number of fused-ring (bicyclic) bond motifs is 1. The molecule has 1 saturated heterocycles. The second-order valence-electron chi connectivity index (χ2n) is 8.43. The smallest absolute Gasteiger partial charge is 0.234 e. The zero-order chi connectivity index (χ0) is 20.8. The lowest BCUT2D eigenvalue weighted by atomic mass is 9.80. The monoisotopic (exact) mass is 418 g/mol. The number of hydrogen-bond acceptors (Lipinski definition) is 6. The standard InChI is InChI=1S/C20H26N4O4S/c1-13-5-4-6-15(7-13)8-18(25)22-17-9-16-11-24(29(3,26)27)12-20(16,10-17)19-21-14(2)23-28-19/h4-7,16-17H,8-12H2,1-3H3,(H,22,25)/t16?,17-,20+/m1/s1. The molecule has 1 aliphatic carbocycles. The third-order valence-electron chi connectivity index (χ3n) is 6.08. The summed E-state index contributed by atoms with van der Waals surface area (Å²) >= 11 is 0. The molecule has 1 aromatic carbocycles.